The smallest absolute Gasteiger partial charge is 0.252 e. The van der Waals surface area contributed by atoms with Crippen LogP contribution in [0, 0.1) is 6.92 Å². The number of nitrogens with zero attached hydrogens (tertiary/aromatic N) is 2. The minimum Gasteiger partial charge on any atom is -0.342 e. The molecule has 0 aliphatic rings. The Hall–Kier alpha value is -2.40. The Bertz CT molecular complexity index is 945. The average molecular weight is 398 g/mol. The Balaban J connectivity index is 1.94. The zero-order valence-electron chi connectivity index (χ0n) is 14.3. The number of aryl methyl sites for hydroxylation is 1. The second-order valence-corrected chi connectivity index (χ2v) is 7.19. The number of aromatic nitrogens is 2. The van der Waals surface area contributed by atoms with Gasteiger partial charge in [-0.3, -0.25) is 4.79 Å². The van der Waals surface area contributed by atoms with Crippen molar-refractivity contribution in [2.24, 2.45) is 0 Å². The van der Waals surface area contributed by atoms with E-state index < -0.39 is 0 Å². The molecule has 1 atom stereocenters. The van der Waals surface area contributed by atoms with Crippen molar-refractivity contribution >= 4 is 32.9 Å². The maximum atomic E-state index is 12.6. The van der Waals surface area contributed by atoms with Crippen LogP contribution in [0.4, 0.5) is 0 Å². The molecule has 1 amide bonds. The predicted molar refractivity (Wildman–Crippen MR) is 105 cm³/mol. The number of carbonyl (C=O) groups excluding carboxylic acids is 1. The number of carbonyl (C=O) groups is 1. The molecule has 0 aliphatic carbocycles. The Kier molecular flexibility index (Phi) is 5.04. The third kappa shape index (κ3) is 3.66. The third-order valence-corrected chi connectivity index (χ3v) is 4.39. The summed E-state index contributed by atoms with van der Waals surface area (Å²) in [5.41, 5.74) is 3.56. The number of hydrogen-bond donors (Lipinski definition) is 1. The van der Waals surface area contributed by atoms with Crippen LogP contribution in [0.25, 0.3) is 11.0 Å². The van der Waals surface area contributed by atoms with Crippen molar-refractivity contribution in [1.82, 2.24) is 14.9 Å². The van der Waals surface area contributed by atoms with Crippen molar-refractivity contribution in [2.75, 3.05) is 0 Å². The minimum atomic E-state index is -0.230. The van der Waals surface area contributed by atoms with Gasteiger partial charge in [-0.2, -0.15) is 0 Å². The highest BCUT2D eigenvalue weighted by Gasteiger charge is 2.19. The maximum Gasteiger partial charge on any atom is 0.252 e. The van der Waals surface area contributed by atoms with E-state index in [1.165, 1.54) is 0 Å². The first kappa shape index (κ1) is 17.4. The summed E-state index contributed by atoms with van der Waals surface area (Å²) in [5, 5.41) is 3.06. The molecule has 25 heavy (non-hydrogen) atoms. The molecule has 4 nitrogen and oxygen atoms in total. The first-order valence-electron chi connectivity index (χ1n) is 8.12. The van der Waals surface area contributed by atoms with Gasteiger partial charge < -0.3 is 9.88 Å². The fourth-order valence-electron chi connectivity index (χ4n) is 2.93. The van der Waals surface area contributed by atoms with Crippen LogP contribution < -0.4 is 5.32 Å². The van der Waals surface area contributed by atoms with Gasteiger partial charge >= 0.3 is 0 Å². The zero-order chi connectivity index (χ0) is 18.0. The molecule has 0 saturated heterocycles. The van der Waals surface area contributed by atoms with E-state index in [1.54, 1.807) is 0 Å². The third-order valence-electron chi connectivity index (χ3n) is 4.14. The lowest BCUT2D eigenvalue weighted by Gasteiger charge is -2.17. The molecule has 0 spiro atoms. The summed E-state index contributed by atoms with van der Waals surface area (Å²) < 4.78 is 2.93. The number of allylic oxidation sites excluding steroid dienone is 1. The first-order chi connectivity index (χ1) is 12.0. The second-order valence-electron chi connectivity index (χ2n) is 6.07. The van der Waals surface area contributed by atoms with Gasteiger partial charge in [-0.05, 0) is 37.6 Å². The molecule has 5 heteroatoms. The molecule has 3 aromatic rings. The van der Waals surface area contributed by atoms with Gasteiger partial charge in [0.25, 0.3) is 5.91 Å². The Morgan fingerprint density at radius 3 is 2.64 bits per heavy atom. The largest absolute Gasteiger partial charge is 0.342 e. The summed E-state index contributed by atoms with van der Waals surface area (Å²) in [6.45, 7) is 8.42. The molecule has 1 heterocycles. The van der Waals surface area contributed by atoms with E-state index in [-0.39, 0.29) is 11.9 Å². The summed E-state index contributed by atoms with van der Waals surface area (Å²) in [4.78, 5) is 17.3. The molecular weight excluding hydrogens is 378 g/mol. The van der Waals surface area contributed by atoms with E-state index in [9.17, 15) is 4.79 Å². The quantitative estimate of drug-likeness (QED) is 0.675. The van der Waals surface area contributed by atoms with Crippen LogP contribution in [0.1, 0.15) is 34.7 Å². The van der Waals surface area contributed by atoms with Crippen LogP contribution in [0.15, 0.2) is 59.6 Å². The van der Waals surface area contributed by atoms with Gasteiger partial charge in [0, 0.05) is 10.0 Å². The Morgan fingerprint density at radius 2 is 1.92 bits per heavy atom. The number of hydrogen-bond acceptors (Lipinski definition) is 2. The number of imidazole rings is 1. The summed E-state index contributed by atoms with van der Waals surface area (Å²) in [6.07, 6.45) is 0. The fourth-order valence-corrected chi connectivity index (χ4v) is 3.18. The number of nitrogens with one attached hydrogen (secondary N) is 1. The fraction of sp³-hybridized carbons (Fsp3) is 0.200. The van der Waals surface area contributed by atoms with Gasteiger partial charge in [-0.25, -0.2) is 4.98 Å². The van der Waals surface area contributed by atoms with Gasteiger partial charge in [0.05, 0.1) is 23.6 Å². The summed E-state index contributed by atoms with van der Waals surface area (Å²) in [6, 6.07) is 15.3. The van der Waals surface area contributed by atoms with Gasteiger partial charge in [0.15, 0.2) is 0 Å². The average Bonchev–Trinajstić information content (AvgIpc) is 2.93. The zero-order valence-corrected chi connectivity index (χ0v) is 15.9. The SMILES string of the molecule is C=C(Br)Cn1c(C(C)NC(=O)c2ccccc2C)nc2ccccc21. The van der Waals surface area contributed by atoms with Gasteiger partial charge in [-0.1, -0.05) is 52.8 Å². The van der Waals surface area contributed by atoms with Crippen LogP contribution >= 0.6 is 15.9 Å². The molecule has 3 rings (SSSR count). The number of amides is 1. The molecule has 0 fully saturated rings. The van der Waals surface area contributed by atoms with E-state index >= 15 is 0 Å². The van der Waals surface area contributed by atoms with Crippen LogP contribution in [0.3, 0.4) is 0 Å². The molecule has 0 bridgehead atoms. The summed E-state index contributed by atoms with van der Waals surface area (Å²) in [5.74, 6) is 0.714. The Labute approximate surface area is 155 Å². The lowest BCUT2D eigenvalue weighted by Crippen LogP contribution is -2.29. The van der Waals surface area contributed by atoms with E-state index in [0.717, 1.165) is 26.9 Å². The monoisotopic (exact) mass is 397 g/mol. The highest BCUT2D eigenvalue weighted by atomic mass is 79.9. The molecule has 1 unspecified atom stereocenters. The number of benzene rings is 2. The maximum absolute atomic E-state index is 12.6. The first-order valence-corrected chi connectivity index (χ1v) is 8.91. The standard InChI is InChI=1S/C20H20BrN3O/c1-13-8-4-5-9-16(13)20(25)22-15(3)19-23-17-10-6-7-11-18(17)24(19)12-14(2)21/h4-11,15H,2,12H2,1,3H3,(H,22,25). The molecule has 2 aromatic carbocycles. The molecule has 128 valence electrons. The Morgan fingerprint density at radius 1 is 1.24 bits per heavy atom. The molecule has 0 aliphatic heterocycles. The van der Waals surface area contributed by atoms with E-state index in [4.69, 9.17) is 4.98 Å². The highest BCUT2D eigenvalue weighted by molar-refractivity contribution is 9.11. The molecular formula is C20H20BrN3O. The number of rotatable bonds is 5. The van der Waals surface area contributed by atoms with Crippen molar-refractivity contribution in [1.29, 1.82) is 0 Å². The van der Waals surface area contributed by atoms with Gasteiger partial charge in [-0.15, -0.1) is 0 Å². The topological polar surface area (TPSA) is 46.9 Å². The van der Waals surface area contributed by atoms with E-state index in [1.807, 2.05) is 62.4 Å². The number of fused-ring (bicyclic) bond motifs is 1. The van der Waals surface area contributed by atoms with E-state index in [0.29, 0.717) is 12.1 Å². The number of halogens is 1. The van der Waals surface area contributed by atoms with Crippen molar-refractivity contribution in [2.45, 2.75) is 26.4 Å². The van der Waals surface area contributed by atoms with Crippen LogP contribution in [-0.4, -0.2) is 15.5 Å². The van der Waals surface area contributed by atoms with Crippen LogP contribution in [0.2, 0.25) is 0 Å². The van der Waals surface area contributed by atoms with Crippen molar-refractivity contribution < 1.29 is 4.79 Å². The second kappa shape index (κ2) is 7.23. The van der Waals surface area contributed by atoms with Crippen LogP contribution in [0.5, 0.6) is 0 Å². The van der Waals surface area contributed by atoms with Gasteiger partial charge in [0.2, 0.25) is 0 Å². The highest BCUT2D eigenvalue weighted by Crippen LogP contribution is 2.23. The lowest BCUT2D eigenvalue weighted by atomic mass is 10.1. The molecule has 0 saturated carbocycles. The normalized spacial score (nSPS) is 12.1. The van der Waals surface area contributed by atoms with Crippen molar-refractivity contribution in [3.05, 3.63) is 76.5 Å². The molecule has 1 N–H and O–H groups in total. The van der Waals surface area contributed by atoms with E-state index in [2.05, 4.69) is 32.4 Å². The summed E-state index contributed by atoms with van der Waals surface area (Å²) in [7, 11) is 0. The number of para-hydroxylation sites is 2. The molecule has 1 aromatic heterocycles. The van der Waals surface area contributed by atoms with Gasteiger partial charge in [0.1, 0.15) is 5.82 Å². The van der Waals surface area contributed by atoms with Crippen molar-refractivity contribution in [3.63, 3.8) is 0 Å². The lowest BCUT2D eigenvalue weighted by molar-refractivity contribution is 0.0937. The molecule has 0 radical (unpaired) electrons. The van der Waals surface area contributed by atoms with Crippen LogP contribution in [-0.2, 0) is 6.54 Å². The van der Waals surface area contributed by atoms with Crippen molar-refractivity contribution in [3.8, 4) is 0 Å². The summed E-state index contributed by atoms with van der Waals surface area (Å²) >= 11 is 3.43. The minimum absolute atomic E-state index is 0.0955. The predicted octanol–water partition coefficient (Wildman–Crippen LogP) is 4.74.